The number of hydrogen-bond donors (Lipinski definition) is 1. The number of aliphatic hydroxyl groups excluding tert-OH is 1. The lowest BCUT2D eigenvalue weighted by Crippen LogP contribution is -2.14. The van der Waals surface area contributed by atoms with Gasteiger partial charge in [0.1, 0.15) is 0 Å². The Balaban J connectivity index is 1.80. The van der Waals surface area contributed by atoms with Gasteiger partial charge in [-0.25, -0.2) is 0 Å². The van der Waals surface area contributed by atoms with Crippen molar-refractivity contribution >= 4 is 0 Å². The number of hydrogen-bond acceptors (Lipinski definition) is 2. The zero-order valence-electron chi connectivity index (χ0n) is 9.62. The molecule has 0 aromatic heterocycles. The Hall–Kier alpha value is -1.64. The summed E-state index contributed by atoms with van der Waals surface area (Å²) in [6.45, 7) is 0.439. The summed E-state index contributed by atoms with van der Waals surface area (Å²) in [7, 11) is 0. The molecule has 0 fully saturated rings. The highest BCUT2D eigenvalue weighted by atomic mass is 16.6. The molecule has 2 heteroatoms. The van der Waals surface area contributed by atoms with Crippen molar-refractivity contribution < 1.29 is 9.84 Å². The molecular formula is C15H16O2. The maximum Gasteiger partial charge on any atom is 0.159 e. The minimum absolute atomic E-state index is 0.439. The quantitative estimate of drug-likeness (QED) is 0.797. The van der Waals surface area contributed by atoms with Crippen LogP contribution < -0.4 is 0 Å². The summed E-state index contributed by atoms with van der Waals surface area (Å²) < 4.78 is 5.39. The second-order valence-corrected chi connectivity index (χ2v) is 3.94. The van der Waals surface area contributed by atoms with Crippen molar-refractivity contribution in [1.82, 2.24) is 0 Å². The minimum Gasteiger partial charge on any atom is -0.368 e. The van der Waals surface area contributed by atoms with Gasteiger partial charge >= 0.3 is 0 Å². The number of aliphatic hydroxyl groups is 1. The highest BCUT2D eigenvalue weighted by Crippen LogP contribution is 2.07. The SMILES string of the molecule is O[C@@H](Cc1ccccc1)OCc1ccccc1. The smallest absolute Gasteiger partial charge is 0.159 e. The maximum atomic E-state index is 9.74. The van der Waals surface area contributed by atoms with Gasteiger partial charge in [0, 0.05) is 6.42 Å². The molecule has 1 atom stereocenters. The molecule has 0 aliphatic carbocycles. The van der Waals surface area contributed by atoms with Gasteiger partial charge in [-0.1, -0.05) is 60.7 Å². The molecule has 0 radical (unpaired) electrons. The van der Waals surface area contributed by atoms with Gasteiger partial charge in [0.2, 0.25) is 0 Å². The van der Waals surface area contributed by atoms with E-state index in [1.54, 1.807) is 0 Å². The summed E-state index contributed by atoms with van der Waals surface area (Å²) in [5.74, 6) is 0. The molecule has 0 saturated heterocycles. The Morgan fingerprint density at radius 2 is 1.35 bits per heavy atom. The van der Waals surface area contributed by atoms with Crippen molar-refractivity contribution in [2.75, 3.05) is 0 Å². The van der Waals surface area contributed by atoms with Crippen molar-refractivity contribution in [3.63, 3.8) is 0 Å². The molecule has 2 aromatic rings. The number of benzene rings is 2. The number of ether oxygens (including phenoxy) is 1. The molecule has 1 N–H and O–H groups in total. The van der Waals surface area contributed by atoms with Crippen LogP contribution in [0.5, 0.6) is 0 Å². The van der Waals surface area contributed by atoms with Gasteiger partial charge in [-0.05, 0) is 11.1 Å². The highest BCUT2D eigenvalue weighted by molar-refractivity contribution is 5.15. The Labute approximate surface area is 101 Å². The van der Waals surface area contributed by atoms with Gasteiger partial charge < -0.3 is 9.84 Å². The van der Waals surface area contributed by atoms with Crippen LogP contribution in [-0.2, 0) is 17.8 Å². The van der Waals surface area contributed by atoms with E-state index < -0.39 is 6.29 Å². The fourth-order valence-corrected chi connectivity index (χ4v) is 1.64. The normalized spacial score (nSPS) is 12.3. The molecule has 17 heavy (non-hydrogen) atoms. The molecule has 0 aliphatic heterocycles. The van der Waals surface area contributed by atoms with E-state index in [-0.39, 0.29) is 0 Å². The number of rotatable bonds is 5. The summed E-state index contributed by atoms with van der Waals surface area (Å²) in [4.78, 5) is 0. The molecule has 88 valence electrons. The Morgan fingerprint density at radius 1 is 0.824 bits per heavy atom. The fraction of sp³-hybridized carbons (Fsp3) is 0.200. The average molecular weight is 228 g/mol. The largest absolute Gasteiger partial charge is 0.368 e. The van der Waals surface area contributed by atoms with Crippen molar-refractivity contribution in [3.8, 4) is 0 Å². The van der Waals surface area contributed by atoms with E-state index in [1.165, 1.54) is 0 Å². The van der Waals surface area contributed by atoms with E-state index in [9.17, 15) is 5.11 Å². The third-order valence-corrected chi connectivity index (χ3v) is 2.54. The predicted molar refractivity (Wildman–Crippen MR) is 67.4 cm³/mol. The molecule has 0 aliphatic rings. The van der Waals surface area contributed by atoms with Crippen molar-refractivity contribution in [2.24, 2.45) is 0 Å². The molecule has 0 spiro atoms. The first kappa shape index (κ1) is 11.8. The van der Waals surface area contributed by atoms with E-state index in [4.69, 9.17) is 4.74 Å². The van der Waals surface area contributed by atoms with Gasteiger partial charge in [-0.3, -0.25) is 0 Å². The van der Waals surface area contributed by atoms with Crippen LogP contribution in [-0.4, -0.2) is 11.4 Å². The Morgan fingerprint density at radius 3 is 1.94 bits per heavy atom. The standard InChI is InChI=1S/C15H16O2/c16-15(11-13-7-3-1-4-8-13)17-12-14-9-5-2-6-10-14/h1-10,15-16H,11-12H2/t15-/m1/s1. The van der Waals surface area contributed by atoms with Gasteiger partial charge in [0.05, 0.1) is 6.61 Å². The zero-order valence-corrected chi connectivity index (χ0v) is 9.62. The van der Waals surface area contributed by atoms with Gasteiger partial charge in [0.15, 0.2) is 6.29 Å². The first-order valence-electron chi connectivity index (χ1n) is 5.72. The second-order valence-electron chi connectivity index (χ2n) is 3.94. The Kier molecular flexibility index (Phi) is 4.30. The average Bonchev–Trinajstić information content (AvgIpc) is 2.39. The first-order chi connectivity index (χ1) is 8.34. The van der Waals surface area contributed by atoms with E-state index in [0.717, 1.165) is 11.1 Å². The monoisotopic (exact) mass is 228 g/mol. The van der Waals surface area contributed by atoms with Crippen LogP contribution in [0.3, 0.4) is 0 Å². The second kappa shape index (κ2) is 6.18. The summed E-state index contributed by atoms with van der Waals surface area (Å²) >= 11 is 0. The molecule has 2 rings (SSSR count). The minimum atomic E-state index is -0.752. The molecule has 0 bridgehead atoms. The molecular weight excluding hydrogens is 212 g/mol. The third-order valence-electron chi connectivity index (χ3n) is 2.54. The van der Waals surface area contributed by atoms with Crippen LogP contribution in [0.25, 0.3) is 0 Å². The third kappa shape index (κ3) is 4.02. The summed E-state index contributed by atoms with van der Waals surface area (Å²) in [5, 5.41) is 9.74. The molecule has 2 aromatic carbocycles. The highest BCUT2D eigenvalue weighted by Gasteiger charge is 2.05. The van der Waals surface area contributed by atoms with Gasteiger partial charge in [-0.2, -0.15) is 0 Å². The van der Waals surface area contributed by atoms with Crippen LogP contribution in [0.15, 0.2) is 60.7 Å². The van der Waals surface area contributed by atoms with Gasteiger partial charge in [0.25, 0.3) is 0 Å². The lowest BCUT2D eigenvalue weighted by atomic mass is 10.1. The zero-order chi connectivity index (χ0) is 11.9. The van der Waals surface area contributed by atoms with Crippen molar-refractivity contribution in [2.45, 2.75) is 19.3 Å². The summed E-state index contributed by atoms with van der Waals surface area (Å²) in [5.41, 5.74) is 2.15. The maximum absolute atomic E-state index is 9.74. The fourth-order valence-electron chi connectivity index (χ4n) is 1.64. The first-order valence-corrected chi connectivity index (χ1v) is 5.72. The topological polar surface area (TPSA) is 29.5 Å². The van der Waals surface area contributed by atoms with E-state index in [0.29, 0.717) is 13.0 Å². The predicted octanol–water partition coefficient (Wildman–Crippen LogP) is 2.76. The molecule has 2 nitrogen and oxygen atoms in total. The van der Waals surface area contributed by atoms with Crippen molar-refractivity contribution in [1.29, 1.82) is 0 Å². The van der Waals surface area contributed by atoms with E-state index >= 15 is 0 Å². The molecule has 0 saturated carbocycles. The van der Waals surface area contributed by atoms with E-state index in [1.807, 2.05) is 60.7 Å². The van der Waals surface area contributed by atoms with Gasteiger partial charge in [-0.15, -0.1) is 0 Å². The van der Waals surface area contributed by atoms with Crippen molar-refractivity contribution in [3.05, 3.63) is 71.8 Å². The summed E-state index contributed by atoms with van der Waals surface area (Å²) in [6.07, 6.45) is -0.231. The molecule has 0 unspecified atom stereocenters. The van der Waals surface area contributed by atoms with Crippen LogP contribution in [0.4, 0.5) is 0 Å². The van der Waals surface area contributed by atoms with Crippen LogP contribution >= 0.6 is 0 Å². The van der Waals surface area contributed by atoms with Crippen LogP contribution in [0, 0.1) is 0 Å². The lowest BCUT2D eigenvalue weighted by Gasteiger charge is -2.12. The van der Waals surface area contributed by atoms with Crippen LogP contribution in [0.2, 0.25) is 0 Å². The molecule has 0 amide bonds. The lowest BCUT2D eigenvalue weighted by molar-refractivity contribution is -0.106. The van der Waals surface area contributed by atoms with Crippen LogP contribution in [0.1, 0.15) is 11.1 Å². The molecule has 0 heterocycles. The summed E-state index contributed by atoms with van der Waals surface area (Å²) in [6, 6.07) is 19.7. The Bertz CT molecular complexity index is 425. The van der Waals surface area contributed by atoms with E-state index in [2.05, 4.69) is 0 Å².